The largest absolute Gasteiger partial charge is 0.451 e. The van der Waals surface area contributed by atoms with E-state index in [2.05, 4.69) is 15.3 Å². The number of fused-ring (bicyclic) bond motifs is 1. The maximum absolute atomic E-state index is 12.1. The van der Waals surface area contributed by atoms with Crippen molar-refractivity contribution in [2.75, 3.05) is 11.9 Å². The van der Waals surface area contributed by atoms with E-state index < -0.39 is 11.9 Å². The van der Waals surface area contributed by atoms with E-state index in [1.807, 2.05) is 44.2 Å². The van der Waals surface area contributed by atoms with Gasteiger partial charge in [0.1, 0.15) is 0 Å². The Morgan fingerprint density at radius 3 is 2.64 bits per heavy atom. The number of ether oxygens (including phenoxy) is 1. The number of rotatable bonds is 4. The minimum Gasteiger partial charge on any atom is -0.451 e. The number of anilines is 1. The average molecular weight is 335 g/mol. The lowest BCUT2D eigenvalue weighted by Crippen LogP contribution is -2.22. The summed E-state index contributed by atoms with van der Waals surface area (Å²) >= 11 is 0. The molecule has 0 fully saturated rings. The first-order valence-corrected chi connectivity index (χ1v) is 7.79. The van der Waals surface area contributed by atoms with E-state index >= 15 is 0 Å². The van der Waals surface area contributed by atoms with E-state index in [-0.39, 0.29) is 12.3 Å². The molecule has 0 atom stereocenters. The summed E-state index contributed by atoms with van der Waals surface area (Å²) in [5.41, 5.74) is 4.02. The third-order valence-corrected chi connectivity index (χ3v) is 3.66. The standard InChI is InChI=1S/C19H17N3O3/c1-12-7-8-13(2)16(9-12)22-18(23)11-25-19(24)17-10-20-14-5-3-4-6-15(14)21-17/h3-10H,11H2,1-2H3,(H,22,23). The Morgan fingerprint density at radius 1 is 1.08 bits per heavy atom. The molecule has 0 aliphatic heterocycles. The second kappa shape index (κ2) is 7.09. The molecule has 0 radical (unpaired) electrons. The van der Waals surface area contributed by atoms with E-state index in [4.69, 9.17) is 4.74 Å². The molecule has 6 heteroatoms. The highest BCUT2D eigenvalue weighted by atomic mass is 16.5. The van der Waals surface area contributed by atoms with Gasteiger partial charge < -0.3 is 10.1 Å². The van der Waals surface area contributed by atoms with E-state index in [0.29, 0.717) is 16.7 Å². The van der Waals surface area contributed by atoms with Crippen molar-refractivity contribution < 1.29 is 14.3 Å². The van der Waals surface area contributed by atoms with Crippen molar-refractivity contribution in [2.24, 2.45) is 0 Å². The topological polar surface area (TPSA) is 81.2 Å². The van der Waals surface area contributed by atoms with Crippen molar-refractivity contribution in [2.45, 2.75) is 13.8 Å². The molecule has 25 heavy (non-hydrogen) atoms. The summed E-state index contributed by atoms with van der Waals surface area (Å²) in [5.74, 6) is -1.09. The first-order valence-electron chi connectivity index (χ1n) is 7.79. The number of carbonyl (C=O) groups is 2. The first kappa shape index (κ1) is 16.6. The smallest absolute Gasteiger partial charge is 0.359 e. The quantitative estimate of drug-likeness (QED) is 0.741. The number of benzene rings is 2. The SMILES string of the molecule is Cc1ccc(C)c(NC(=O)COC(=O)c2cnc3ccccc3n2)c1. The summed E-state index contributed by atoms with van der Waals surface area (Å²) in [6.45, 7) is 3.44. The van der Waals surface area contributed by atoms with Crippen LogP contribution >= 0.6 is 0 Å². The lowest BCUT2D eigenvalue weighted by Gasteiger charge is -2.09. The van der Waals surface area contributed by atoms with Gasteiger partial charge in [-0.15, -0.1) is 0 Å². The second-order valence-corrected chi connectivity index (χ2v) is 5.69. The summed E-state index contributed by atoms with van der Waals surface area (Å²) in [6.07, 6.45) is 1.34. The van der Waals surface area contributed by atoms with Crippen LogP contribution in [-0.4, -0.2) is 28.5 Å². The highest BCUT2D eigenvalue weighted by Crippen LogP contribution is 2.16. The van der Waals surface area contributed by atoms with Gasteiger partial charge in [-0.1, -0.05) is 24.3 Å². The minimum atomic E-state index is -0.686. The number of aromatic nitrogens is 2. The fourth-order valence-electron chi connectivity index (χ4n) is 2.32. The number of para-hydroxylation sites is 2. The molecule has 6 nitrogen and oxygen atoms in total. The molecule has 0 aliphatic rings. The van der Waals surface area contributed by atoms with Crippen LogP contribution in [0.4, 0.5) is 5.69 Å². The summed E-state index contributed by atoms with van der Waals surface area (Å²) in [4.78, 5) is 32.4. The molecule has 1 aromatic heterocycles. The lowest BCUT2D eigenvalue weighted by atomic mass is 10.1. The van der Waals surface area contributed by atoms with Crippen molar-refractivity contribution in [1.29, 1.82) is 0 Å². The number of nitrogens with zero attached hydrogens (tertiary/aromatic N) is 2. The van der Waals surface area contributed by atoms with Crippen molar-refractivity contribution in [3.63, 3.8) is 0 Å². The zero-order chi connectivity index (χ0) is 17.8. The van der Waals surface area contributed by atoms with Crippen LogP contribution in [0, 0.1) is 13.8 Å². The molecule has 3 aromatic rings. The van der Waals surface area contributed by atoms with Gasteiger partial charge in [0, 0.05) is 5.69 Å². The van der Waals surface area contributed by atoms with Crippen LogP contribution in [0.15, 0.2) is 48.7 Å². The van der Waals surface area contributed by atoms with Gasteiger partial charge in [-0.25, -0.2) is 9.78 Å². The number of nitrogens with one attached hydrogen (secondary N) is 1. The van der Waals surface area contributed by atoms with Crippen LogP contribution in [0.3, 0.4) is 0 Å². The molecule has 0 aliphatic carbocycles. The fourth-order valence-corrected chi connectivity index (χ4v) is 2.32. The summed E-state index contributed by atoms with van der Waals surface area (Å²) in [7, 11) is 0. The third-order valence-electron chi connectivity index (χ3n) is 3.66. The van der Waals surface area contributed by atoms with E-state index in [1.165, 1.54) is 6.20 Å². The van der Waals surface area contributed by atoms with Gasteiger partial charge in [-0.3, -0.25) is 9.78 Å². The van der Waals surface area contributed by atoms with Crippen LogP contribution in [0.5, 0.6) is 0 Å². The van der Waals surface area contributed by atoms with Crippen LogP contribution in [0.2, 0.25) is 0 Å². The van der Waals surface area contributed by atoms with E-state index in [9.17, 15) is 9.59 Å². The zero-order valence-electron chi connectivity index (χ0n) is 13.9. The molecule has 0 bridgehead atoms. The molecule has 0 spiro atoms. The van der Waals surface area contributed by atoms with E-state index in [0.717, 1.165) is 11.1 Å². The monoisotopic (exact) mass is 335 g/mol. The third kappa shape index (κ3) is 3.98. The Kier molecular flexibility index (Phi) is 4.70. The van der Waals surface area contributed by atoms with Gasteiger partial charge >= 0.3 is 5.97 Å². The highest BCUT2D eigenvalue weighted by Gasteiger charge is 2.13. The summed E-state index contributed by atoms with van der Waals surface area (Å²) < 4.78 is 5.03. The molecule has 0 unspecified atom stereocenters. The number of hydrogen-bond acceptors (Lipinski definition) is 5. The number of carbonyl (C=O) groups excluding carboxylic acids is 2. The van der Waals surface area contributed by atoms with Crippen LogP contribution in [0.25, 0.3) is 11.0 Å². The van der Waals surface area contributed by atoms with Gasteiger partial charge in [0.05, 0.1) is 17.2 Å². The molecule has 0 saturated carbocycles. The maximum Gasteiger partial charge on any atom is 0.359 e. The van der Waals surface area contributed by atoms with Crippen molar-refractivity contribution >= 4 is 28.6 Å². The minimum absolute atomic E-state index is 0.0678. The maximum atomic E-state index is 12.1. The first-order chi connectivity index (χ1) is 12.0. The zero-order valence-corrected chi connectivity index (χ0v) is 13.9. The van der Waals surface area contributed by atoms with E-state index in [1.54, 1.807) is 12.1 Å². The lowest BCUT2D eigenvalue weighted by molar-refractivity contribution is -0.119. The molecular weight excluding hydrogens is 318 g/mol. The predicted octanol–water partition coefficient (Wildman–Crippen LogP) is 3.04. The average Bonchev–Trinajstić information content (AvgIpc) is 2.62. The Bertz CT molecular complexity index is 954. The molecular formula is C19H17N3O3. The molecule has 126 valence electrons. The highest BCUT2D eigenvalue weighted by molar-refractivity contribution is 5.95. The summed E-state index contributed by atoms with van der Waals surface area (Å²) in [5, 5.41) is 2.74. The molecule has 1 N–H and O–H groups in total. The Hall–Kier alpha value is -3.28. The second-order valence-electron chi connectivity index (χ2n) is 5.69. The number of esters is 1. The Labute approximate surface area is 144 Å². The van der Waals surface area contributed by atoms with Gasteiger partial charge in [0.25, 0.3) is 5.91 Å². The molecule has 3 rings (SSSR count). The molecule has 1 heterocycles. The normalized spacial score (nSPS) is 10.5. The van der Waals surface area contributed by atoms with Crippen molar-refractivity contribution in [1.82, 2.24) is 9.97 Å². The van der Waals surface area contributed by atoms with Crippen LogP contribution in [0.1, 0.15) is 21.6 Å². The Morgan fingerprint density at radius 2 is 1.84 bits per heavy atom. The van der Waals surface area contributed by atoms with Gasteiger partial charge in [-0.2, -0.15) is 0 Å². The number of hydrogen-bond donors (Lipinski definition) is 1. The van der Waals surface area contributed by atoms with Crippen molar-refractivity contribution in [3.8, 4) is 0 Å². The predicted molar refractivity (Wildman–Crippen MR) is 94.4 cm³/mol. The number of aryl methyl sites for hydroxylation is 2. The van der Waals surface area contributed by atoms with Gasteiger partial charge in [0.15, 0.2) is 12.3 Å². The molecule has 2 aromatic carbocycles. The molecule has 1 amide bonds. The van der Waals surface area contributed by atoms with Crippen LogP contribution in [-0.2, 0) is 9.53 Å². The Balaban J connectivity index is 1.62. The summed E-state index contributed by atoms with van der Waals surface area (Å²) in [6, 6.07) is 13.0. The van der Waals surface area contributed by atoms with Gasteiger partial charge in [-0.05, 0) is 43.2 Å². The van der Waals surface area contributed by atoms with Gasteiger partial charge in [0.2, 0.25) is 0 Å². The molecule has 0 saturated heterocycles. The fraction of sp³-hybridized carbons (Fsp3) is 0.158. The number of amides is 1. The van der Waals surface area contributed by atoms with Crippen molar-refractivity contribution in [3.05, 3.63) is 65.5 Å². The van der Waals surface area contributed by atoms with Crippen LogP contribution < -0.4 is 5.32 Å².